The van der Waals surface area contributed by atoms with Crippen LogP contribution in [0.15, 0.2) is 24.5 Å². The maximum absolute atomic E-state index is 9.13. The Balaban J connectivity index is 1.62. The molecule has 4 rings (SSSR count). The molecule has 0 atom stereocenters. The molecule has 0 amide bonds. The van der Waals surface area contributed by atoms with Gasteiger partial charge in [-0.3, -0.25) is 4.90 Å². The summed E-state index contributed by atoms with van der Waals surface area (Å²) in [6, 6.07) is 4.44. The molecule has 0 radical (unpaired) electrons. The number of aromatic amines is 1. The van der Waals surface area contributed by atoms with Crippen molar-refractivity contribution in [2.24, 2.45) is 0 Å². The zero-order valence-electron chi connectivity index (χ0n) is 15.7. The Morgan fingerprint density at radius 2 is 1.85 bits per heavy atom. The first kappa shape index (κ1) is 18.6. The van der Waals surface area contributed by atoms with Crippen molar-refractivity contribution in [3.05, 3.63) is 39.2 Å². The van der Waals surface area contributed by atoms with Crippen LogP contribution in [-0.2, 0) is 0 Å². The van der Waals surface area contributed by atoms with E-state index in [1.165, 1.54) is 16.8 Å². The van der Waals surface area contributed by atoms with Crippen LogP contribution in [0.2, 0.25) is 0 Å². The van der Waals surface area contributed by atoms with Crippen LogP contribution in [0, 0.1) is 17.4 Å². The van der Waals surface area contributed by atoms with Gasteiger partial charge in [-0.1, -0.05) is 0 Å². The van der Waals surface area contributed by atoms with Crippen molar-refractivity contribution >= 4 is 39.4 Å². The van der Waals surface area contributed by atoms with E-state index in [1.54, 1.807) is 0 Å². The first-order valence-electron chi connectivity index (χ1n) is 9.26. The number of benzene rings is 1. The van der Waals surface area contributed by atoms with E-state index >= 15 is 0 Å². The summed E-state index contributed by atoms with van der Waals surface area (Å²) in [5.74, 6) is 0. The maximum Gasteiger partial charge on any atom is 0.157 e. The number of nitrogens with one attached hydrogen (secondary N) is 1. The van der Waals surface area contributed by atoms with E-state index in [2.05, 4.69) is 68.3 Å². The highest BCUT2D eigenvalue weighted by atomic mass is 127. The minimum Gasteiger partial charge on any atom is -0.395 e. The quantitative estimate of drug-likeness (QED) is 0.566. The number of fused-ring (bicyclic) bond motifs is 1. The summed E-state index contributed by atoms with van der Waals surface area (Å²) in [5.41, 5.74) is 7.64. The average Bonchev–Trinajstić information content (AvgIpc) is 3.03. The zero-order valence-corrected chi connectivity index (χ0v) is 17.8. The number of rotatable bonds is 4. The van der Waals surface area contributed by atoms with Gasteiger partial charge in [0.05, 0.1) is 22.1 Å². The number of aliphatic hydroxyl groups is 1. The number of aryl methyl sites for hydroxylation is 2. The fourth-order valence-electron chi connectivity index (χ4n) is 3.94. The van der Waals surface area contributed by atoms with Gasteiger partial charge in [0.1, 0.15) is 5.52 Å². The first-order chi connectivity index (χ1) is 13.1. The highest BCUT2D eigenvalue weighted by Crippen LogP contribution is 2.31. The van der Waals surface area contributed by atoms with Crippen molar-refractivity contribution in [3.63, 3.8) is 0 Å². The number of hydrogen-bond acceptors (Lipinski definition) is 5. The Morgan fingerprint density at radius 1 is 1.15 bits per heavy atom. The first-order valence-corrected chi connectivity index (χ1v) is 10.3. The topological polar surface area (TPSA) is 68.3 Å². The number of halogens is 1. The summed E-state index contributed by atoms with van der Waals surface area (Å²) in [6.45, 7) is 9.34. The van der Waals surface area contributed by atoms with Crippen molar-refractivity contribution < 1.29 is 5.11 Å². The van der Waals surface area contributed by atoms with Gasteiger partial charge in [0, 0.05) is 50.2 Å². The lowest BCUT2D eigenvalue weighted by molar-refractivity contribution is 0.188. The van der Waals surface area contributed by atoms with E-state index < -0.39 is 0 Å². The molecule has 0 saturated carbocycles. The third-order valence-electron chi connectivity index (χ3n) is 5.23. The number of H-pyrrole nitrogens is 1. The van der Waals surface area contributed by atoms with E-state index in [9.17, 15) is 0 Å². The van der Waals surface area contributed by atoms with Crippen molar-refractivity contribution in [2.75, 3.05) is 44.2 Å². The molecule has 1 fully saturated rings. The molecule has 0 unspecified atom stereocenters. The molecule has 3 aromatic rings. The number of aromatic nitrogens is 3. The van der Waals surface area contributed by atoms with Gasteiger partial charge in [-0.15, -0.1) is 0 Å². The van der Waals surface area contributed by atoms with Crippen LogP contribution in [0.25, 0.3) is 22.4 Å². The van der Waals surface area contributed by atoms with Crippen LogP contribution in [-0.4, -0.2) is 64.3 Å². The SMILES string of the molecule is Cc1cc(-c2cnc3[nH]cc(I)c3n2)cc(C)c1N1CCN(CCO)CC1. The van der Waals surface area contributed by atoms with Crippen molar-refractivity contribution in [2.45, 2.75) is 13.8 Å². The second-order valence-corrected chi connectivity index (χ2v) is 8.26. The van der Waals surface area contributed by atoms with Gasteiger partial charge in [0.25, 0.3) is 0 Å². The molecule has 1 aliphatic heterocycles. The summed E-state index contributed by atoms with van der Waals surface area (Å²) < 4.78 is 1.09. The number of aliphatic hydroxyl groups excluding tert-OH is 1. The summed E-state index contributed by atoms with van der Waals surface area (Å²) in [4.78, 5) is 17.3. The summed E-state index contributed by atoms with van der Waals surface area (Å²) >= 11 is 2.28. The molecule has 0 bridgehead atoms. The predicted octanol–water partition coefficient (Wildman–Crippen LogP) is 2.96. The highest BCUT2D eigenvalue weighted by Gasteiger charge is 2.20. The van der Waals surface area contributed by atoms with Crippen LogP contribution in [0.3, 0.4) is 0 Å². The fraction of sp³-hybridized carbons (Fsp3) is 0.400. The molecule has 2 N–H and O–H groups in total. The van der Waals surface area contributed by atoms with Crippen LogP contribution in [0.5, 0.6) is 0 Å². The molecule has 142 valence electrons. The van der Waals surface area contributed by atoms with Crippen molar-refractivity contribution in [1.82, 2.24) is 19.9 Å². The average molecular weight is 477 g/mol. The molecule has 0 aliphatic carbocycles. The molecule has 3 heterocycles. The third kappa shape index (κ3) is 3.68. The molecule has 1 saturated heterocycles. The van der Waals surface area contributed by atoms with Crippen molar-refractivity contribution in [1.29, 1.82) is 0 Å². The smallest absolute Gasteiger partial charge is 0.157 e. The second kappa shape index (κ2) is 7.73. The van der Waals surface area contributed by atoms with E-state index in [-0.39, 0.29) is 6.61 Å². The molecule has 0 spiro atoms. The van der Waals surface area contributed by atoms with E-state index in [4.69, 9.17) is 10.1 Å². The van der Waals surface area contributed by atoms with E-state index in [1.807, 2.05) is 12.4 Å². The van der Waals surface area contributed by atoms with E-state index in [0.717, 1.165) is 58.7 Å². The Kier molecular flexibility index (Phi) is 5.34. The Bertz CT molecular complexity index is 939. The van der Waals surface area contributed by atoms with Crippen LogP contribution in [0.1, 0.15) is 11.1 Å². The summed E-state index contributed by atoms with van der Waals surface area (Å²) in [5, 5.41) is 9.13. The summed E-state index contributed by atoms with van der Waals surface area (Å²) in [7, 11) is 0. The standard InChI is InChI=1S/C20H24IN5O/c1-13-9-15(17-12-23-20-18(24-17)16(21)11-22-20)10-14(2)19(13)26-5-3-25(4-6-26)7-8-27/h9-12,27H,3-8H2,1-2H3,(H,22,23). The van der Waals surface area contributed by atoms with Crippen LogP contribution in [0.4, 0.5) is 5.69 Å². The van der Waals surface area contributed by atoms with Gasteiger partial charge >= 0.3 is 0 Å². The number of piperazine rings is 1. The van der Waals surface area contributed by atoms with Crippen LogP contribution >= 0.6 is 22.6 Å². The van der Waals surface area contributed by atoms with Gasteiger partial charge in [0.2, 0.25) is 0 Å². The molecule has 1 aliphatic rings. The lowest BCUT2D eigenvalue weighted by atomic mass is 10.0. The number of anilines is 1. The van der Waals surface area contributed by atoms with Gasteiger partial charge < -0.3 is 15.0 Å². The van der Waals surface area contributed by atoms with Crippen molar-refractivity contribution in [3.8, 4) is 11.3 Å². The minimum absolute atomic E-state index is 0.234. The fourth-order valence-corrected chi connectivity index (χ4v) is 4.47. The minimum atomic E-state index is 0.234. The predicted molar refractivity (Wildman–Crippen MR) is 117 cm³/mol. The Hall–Kier alpha value is -1.71. The second-order valence-electron chi connectivity index (χ2n) is 7.10. The third-order valence-corrected chi connectivity index (χ3v) is 6.05. The lowest BCUT2D eigenvalue weighted by Gasteiger charge is -2.37. The molecule has 1 aromatic carbocycles. The maximum atomic E-state index is 9.13. The van der Waals surface area contributed by atoms with Crippen LogP contribution < -0.4 is 4.90 Å². The lowest BCUT2D eigenvalue weighted by Crippen LogP contribution is -2.47. The van der Waals surface area contributed by atoms with Gasteiger partial charge in [-0.25, -0.2) is 9.97 Å². The van der Waals surface area contributed by atoms with Gasteiger partial charge in [-0.2, -0.15) is 0 Å². The van der Waals surface area contributed by atoms with Gasteiger partial charge in [0.15, 0.2) is 5.65 Å². The molecule has 6 nitrogen and oxygen atoms in total. The normalized spacial score (nSPS) is 15.6. The zero-order chi connectivity index (χ0) is 19.0. The molecule has 2 aromatic heterocycles. The number of β-amino-alcohol motifs (C(OH)–C–C–N with tert-alkyl or cyclic N) is 1. The number of hydrogen-bond donors (Lipinski definition) is 2. The Labute approximate surface area is 172 Å². The Morgan fingerprint density at radius 3 is 2.52 bits per heavy atom. The van der Waals surface area contributed by atoms with E-state index in [0.29, 0.717) is 0 Å². The molecule has 7 heteroatoms. The molecular formula is C20H24IN5O. The largest absolute Gasteiger partial charge is 0.395 e. The highest BCUT2D eigenvalue weighted by molar-refractivity contribution is 14.1. The number of nitrogens with zero attached hydrogens (tertiary/aromatic N) is 4. The molecule has 27 heavy (non-hydrogen) atoms. The summed E-state index contributed by atoms with van der Waals surface area (Å²) in [6.07, 6.45) is 3.78. The molecular weight excluding hydrogens is 453 g/mol. The monoisotopic (exact) mass is 477 g/mol. The van der Waals surface area contributed by atoms with Gasteiger partial charge in [-0.05, 0) is 59.7 Å².